The number of halogens is 1. The van der Waals surface area contributed by atoms with E-state index >= 15 is 0 Å². The summed E-state index contributed by atoms with van der Waals surface area (Å²) in [4.78, 5) is 14.5. The number of hydrogen-bond donors (Lipinski definition) is 2. The largest absolute Gasteiger partial charge is 0.322 e. The lowest BCUT2D eigenvalue weighted by Gasteiger charge is -2.28. The van der Waals surface area contributed by atoms with E-state index in [0.29, 0.717) is 24.3 Å². The van der Waals surface area contributed by atoms with Crippen molar-refractivity contribution in [2.24, 2.45) is 5.92 Å². The lowest BCUT2D eigenvalue weighted by molar-refractivity contribution is 0.206. The average Bonchev–Trinajstić information content (AvgIpc) is 3.00. The molecule has 1 aromatic carbocycles. The normalized spacial score (nSPS) is 26.4. The van der Waals surface area contributed by atoms with Gasteiger partial charge in [0.1, 0.15) is 5.82 Å². The predicted octanol–water partition coefficient (Wildman–Crippen LogP) is 3.89. The molecule has 26 heavy (non-hydrogen) atoms. The fraction of sp³-hybridized carbons (Fsp3) is 0.500. The van der Waals surface area contributed by atoms with Crippen molar-refractivity contribution in [3.05, 3.63) is 46.5 Å². The highest BCUT2D eigenvalue weighted by molar-refractivity contribution is 5.89. The highest BCUT2D eigenvalue weighted by Crippen LogP contribution is 2.64. The minimum Gasteiger partial charge on any atom is -0.320 e. The molecule has 3 aliphatic rings. The molecule has 2 aromatic rings. The maximum absolute atomic E-state index is 13.4. The van der Waals surface area contributed by atoms with Crippen LogP contribution in [-0.2, 0) is 18.4 Å². The first-order valence-electron chi connectivity index (χ1n) is 9.45. The number of nitrogens with zero attached hydrogens (tertiary/aromatic N) is 2. The van der Waals surface area contributed by atoms with Crippen molar-refractivity contribution in [1.29, 1.82) is 0 Å². The number of benzene rings is 1. The number of amides is 2. The van der Waals surface area contributed by atoms with Crippen LogP contribution in [0.1, 0.15) is 48.2 Å². The second kappa shape index (κ2) is 5.56. The number of carbonyl (C=O) groups is 1. The molecule has 2 aliphatic carbocycles. The Balaban J connectivity index is 1.34. The number of urea groups is 1. The van der Waals surface area contributed by atoms with Gasteiger partial charge >= 0.3 is 6.03 Å². The van der Waals surface area contributed by atoms with Gasteiger partial charge in [-0.15, -0.1) is 0 Å². The highest BCUT2D eigenvalue weighted by atomic mass is 19.1. The van der Waals surface area contributed by atoms with Crippen LogP contribution in [0.15, 0.2) is 18.2 Å². The lowest BCUT2D eigenvalue weighted by Crippen LogP contribution is -2.39. The molecule has 0 radical (unpaired) electrons. The molecule has 5 nitrogen and oxygen atoms in total. The average molecular weight is 354 g/mol. The fourth-order valence-electron chi connectivity index (χ4n) is 4.94. The first-order valence-corrected chi connectivity index (χ1v) is 9.45. The lowest BCUT2D eigenvalue weighted by atomic mass is 9.92. The van der Waals surface area contributed by atoms with Crippen LogP contribution in [0.2, 0.25) is 0 Å². The van der Waals surface area contributed by atoms with E-state index in [0.717, 1.165) is 12.3 Å². The van der Waals surface area contributed by atoms with Gasteiger partial charge in [0.05, 0.1) is 12.2 Å². The second-order valence-corrected chi connectivity index (χ2v) is 8.04. The Hall–Kier alpha value is -2.37. The number of nitrogens with one attached hydrogen (secondary N) is 2. The molecule has 2 unspecified atom stereocenters. The van der Waals surface area contributed by atoms with Crippen LogP contribution < -0.4 is 5.32 Å². The summed E-state index contributed by atoms with van der Waals surface area (Å²) in [7, 11) is 0. The van der Waals surface area contributed by atoms with Crippen LogP contribution in [0.5, 0.6) is 0 Å². The molecule has 6 heteroatoms. The summed E-state index contributed by atoms with van der Waals surface area (Å²) in [6.07, 6.45) is 5.90. The molecular weight excluding hydrogens is 331 g/mol. The number of aromatic nitrogens is 2. The number of aromatic amines is 1. The van der Waals surface area contributed by atoms with E-state index in [-0.39, 0.29) is 17.3 Å². The van der Waals surface area contributed by atoms with Gasteiger partial charge in [-0.05, 0) is 55.9 Å². The Morgan fingerprint density at radius 2 is 2.35 bits per heavy atom. The van der Waals surface area contributed by atoms with Crippen LogP contribution in [0.3, 0.4) is 0 Å². The quantitative estimate of drug-likeness (QED) is 0.859. The monoisotopic (exact) mass is 354 g/mol. The maximum atomic E-state index is 13.4. The number of rotatable bonds is 2. The Labute approximate surface area is 152 Å². The number of carbonyl (C=O) groups excluding carboxylic acids is 1. The van der Waals surface area contributed by atoms with Gasteiger partial charge in [-0.1, -0.05) is 6.42 Å². The first kappa shape index (κ1) is 15.9. The molecule has 2 atom stereocenters. The number of hydrogen-bond acceptors (Lipinski definition) is 2. The number of anilines is 1. The van der Waals surface area contributed by atoms with E-state index in [1.807, 2.05) is 4.90 Å². The van der Waals surface area contributed by atoms with Crippen molar-refractivity contribution in [2.45, 2.75) is 51.0 Å². The van der Waals surface area contributed by atoms with Crippen LogP contribution in [0, 0.1) is 18.7 Å². The zero-order valence-electron chi connectivity index (χ0n) is 14.9. The Morgan fingerprint density at radius 3 is 3.08 bits per heavy atom. The summed E-state index contributed by atoms with van der Waals surface area (Å²) < 4.78 is 13.4. The number of fused-ring (bicyclic) bond motifs is 2. The molecular formula is C20H23FN4O. The summed E-state index contributed by atoms with van der Waals surface area (Å²) in [5.74, 6) is 0.532. The maximum Gasteiger partial charge on any atom is 0.322 e. The smallest absolute Gasteiger partial charge is 0.320 e. The molecule has 0 saturated heterocycles. The summed E-state index contributed by atoms with van der Waals surface area (Å²) >= 11 is 0. The molecule has 2 heterocycles. The second-order valence-electron chi connectivity index (χ2n) is 8.04. The van der Waals surface area contributed by atoms with Crippen molar-refractivity contribution in [2.75, 3.05) is 11.9 Å². The SMILES string of the molecule is Cc1cc(NC(=O)N2CCc3[nH]nc(C45CCCC4C5)c3C2)ccc1F. The summed E-state index contributed by atoms with van der Waals surface area (Å²) in [5.41, 5.74) is 5.08. The third-order valence-electron chi connectivity index (χ3n) is 6.51. The fourth-order valence-corrected chi connectivity index (χ4v) is 4.94. The van der Waals surface area contributed by atoms with Crippen molar-refractivity contribution in [1.82, 2.24) is 15.1 Å². The van der Waals surface area contributed by atoms with E-state index in [1.165, 1.54) is 48.7 Å². The molecule has 2 N–H and O–H groups in total. The molecule has 1 aliphatic heterocycles. The molecule has 2 fully saturated rings. The Bertz CT molecular complexity index is 892. The number of H-pyrrole nitrogens is 1. The molecule has 0 spiro atoms. The van der Waals surface area contributed by atoms with Crippen molar-refractivity contribution >= 4 is 11.7 Å². The number of aryl methyl sites for hydroxylation is 1. The van der Waals surface area contributed by atoms with E-state index in [2.05, 4.69) is 15.5 Å². The molecule has 1 aromatic heterocycles. The third-order valence-corrected chi connectivity index (χ3v) is 6.51. The van der Waals surface area contributed by atoms with Gasteiger partial charge in [0.15, 0.2) is 0 Å². The summed E-state index contributed by atoms with van der Waals surface area (Å²) in [6.45, 7) is 2.96. The topological polar surface area (TPSA) is 61.0 Å². The highest BCUT2D eigenvalue weighted by Gasteiger charge is 2.60. The van der Waals surface area contributed by atoms with E-state index in [9.17, 15) is 9.18 Å². The first-order chi connectivity index (χ1) is 12.6. The van der Waals surface area contributed by atoms with E-state index < -0.39 is 0 Å². The van der Waals surface area contributed by atoms with Gasteiger partial charge in [-0.2, -0.15) is 5.10 Å². The van der Waals surface area contributed by atoms with Crippen LogP contribution in [0.25, 0.3) is 0 Å². The van der Waals surface area contributed by atoms with Crippen molar-refractivity contribution < 1.29 is 9.18 Å². The standard InChI is InChI=1S/C20H23FN4O/c1-12-9-14(4-5-16(12)21)22-19(26)25-8-6-17-15(11-25)18(24-23-17)20-7-2-3-13(20)10-20/h4-5,9,13H,2-3,6-8,10-11H2,1H3,(H,22,26)(H,23,24). The van der Waals surface area contributed by atoms with Crippen LogP contribution in [-0.4, -0.2) is 27.7 Å². The molecule has 5 rings (SSSR count). The van der Waals surface area contributed by atoms with Gasteiger partial charge in [0, 0.05) is 35.3 Å². The van der Waals surface area contributed by atoms with Gasteiger partial charge in [0.2, 0.25) is 0 Å². The zero-order valence-corrected chi connectivity index (χ0v) is 14.9. The molecule has 0 bridgehead atoms. The van der Waals surface area contributed by atoms with Crippen LogP contribution >= 0.6 is 0 Å². The van der Waals surface area contributed by atoms with E-state index in [1.54, 1.807) is 19.1 Å². The minimum absolute atomic E-state index is 0.134. The Morgan fingerprint density at radius 1 is 1.46 bits per heavy atom. The molecule has 136 valence electrons. The minimum atomic E-state index is -0.261. The Kier molecular flexibility index (Phi) is 3.39. The predicted molar refractivity (Wildman–Crippen MR) is 96.5 cm³/mol. The van der Waals surface area contributed by atoms with Crippen molar-refractivity contribution in [3.63, 3.8) is 0 Å². The molecule has 2 amide bonds. The van der Waals surface area contributed by atoms with Crippen molar-refractivity contribution in [3.8, 4) is 0 Å². The third kappa shape index (κ3) is 2.35. The summed E-state index contributed by atoms with van der Waals surface area (Å²) in [5, 5.41) is 10.8. The van der Waals surface area contributed by atoms with Gasteiger partial charge < -0.3 is 10.2 Å². The van der Waals surface area contributed by atoms with E-state index in [4.69, 9.17) is 0 Å². The van der Waals surface area contributed by atoms with Gasteiger partial charge in [-0.3, -0.25) is 5.10 Å². The summed E-state index contributed by atoms with van der Waals surface area (Å²) in [6, 6.07) is 4.52. The van der Waals surface area contributed by atoms with Crippen LogP contribution in [0.4, 0.5) is 14.9 Å². The van der Waals surface area contributed by atoms with Gasteiger partial charge in [0.25, 0.3) is 0 Å². The van der Waals surface area contributed by atoms with Gasteiger partial charge in [-0.25, -0.2) is 9.18 Å². The molecule has 2 saturated carbocycles. The zero-order chi connectivity index (χ0) is 17.9.